The lowest BCUT2D eigenvalue weighted by Gasteiger charge is -2.31. The molecular formula is C15H18N4O. The molecule has 2 heterocycles. The predicted molar refractivity (Wildman–Crippen MR) is 77.2 cm³/mol. The van der Waals surface area contributed by atoms with Gasteiger partial charge in [0.25, 0.3) is 5.91 Å². The number of carbonyl (C=O) groups excluding carboxylic acids is 1. The van der Waals surface area contributed by atoms with E-state index >= 15 is 0 Å². The number of fused-ring (bicyclic) bond motifs is 1. The molecule has 1 aromatic carbocycles. The molecule has 0 aliphatic carbocycles. The van der Waals surface area contributed by atoms with E-state index in [0.717, 1.165) is 31.4 Å². The molecule has 0 bridgehead atoms. The van der Waals surface area contributed by atoms with E-state index in [9.17, 15) is 4.79 Å². The topological polar surface area (TPSA) is 72.1 Å². The molecule has 0 unspecified atom stereocenters. The van der Waals surface area contributed by atoms with E-state index in [-0.39, 0.29) is 5.91 Å². The molecular weight excluding hydrogens is 252 g/mol. The first-order valence-electron chi connectivity index (χ1n) is 6.98. The Bertz CT molecular complexity index is 615. The molecule has 0 radical (unpaired) electrons. The van der Waals surface area contributed by atoms with E-state index in [1.54, 1.807) is 12.4 Å². The van der Waals surface area contributed by atoms with Crippen molar-refractivity contribution in [2.24, 2.45) is 11.7 Å². The molecule has 0 saturated carbocycles. The lowest BCUT2D eigenvalue weighted by atomic mass is 9.96. The summed E-state index contributed by atoms with van der Waals surface area (Å²) in [6.45, 7) is 2.26. The van der Waals surface area contributed by atoms with Gasteiger partial charge in [-0.25, -0.2) is 0 Å². The standard InChI is InChI=1S/C15H18N4O/c16-10-11-4-8-19(9-5-11)15(20)12-2-1-3-13-14(12)18-7-6-17-13/h1-3,6-7,11H,4-5,8-10,16H2. The zero-order valence-electron chi connectivity index (χ0n) is 11.3. The van der Waals surface area contributed by atoms with Gasteiger partial charge in [0.15, 0.2) is 0 Å². The van der Waals surface area contributed by atoms with Crippen molar-refractivity contribution in [2.75, 3.05) is 19.6 Å². The van der Waals surface area contributed by atoms with Crippen LogP contribution in [0.3, 0.4) is 0 Å². The van der Waals surface area contributed by atoms with Gasteiger partial charge in [0.05, 0.1) is 11.1 Å². The van der Waals surface area contributed by atoms with Crippen LogP contribution in [0.5, 0.6) is 0 Å². The summed E-state index contributed by atoms with van der Waals surface area (Å²) in [5.74, 6) is 0.595. The number of rotatable bonds is 2. The summed E-state index contributed by atoms with van der Waals surface area (Å²) in [5, 5.41) is 0. The maximum atomic E-state index is 12.6. The van der Waals surface area contributed by atoms with Crippen LogP contribution in [0.15, 0.2) is 30.6 Å². The summed E-state index contributed by atoms with van der Waals surface area (Å²) in [6.07, 6.45) is 5.24. The zero-order chi connectivity index (χ0) is 13.9. The normalized spacial score (nSPS) is 16.6. The number of carbonyl (C=O) groups is 1. The lowest BCUT2D eigenvalue weighted by molar-refractivity contribution is 0.0695. The predicted octanol–water partition coefficient (Wildman–Crippen LogP) is 1.44. The number of likely N-dealkylation sites (tertiary alicyclic amines) is 1. The van der Waals surface area contributed by atoms with Crippen LogP contribution in [0.2, 0.25) is 0 Å². The third-order valence-electron chi connectivity index (χ3n) is 3.96. The molecule has 1 aromatic heterocycles. The van der Waals surface area contributed by atoms with Crippen molar-refractivity contribution in [3.8, 4) is 0 Å². The molecule has 2 N–H and O–H groups in total. The van der Waals surface area contributed by atoms with Gasteiger partial charge in [-0.15, -0.1) is 0 Å². The summed E-state index contributed by atoms with van der Waals surface area (Å²) in [6, 6.07) is 5.56. The highest BCUT2D eigenvalue weighted by Crippen LogP contribution is 2.21. The first-order valence-corrected chi connectivity index (χ1v) is 6.98. The lowest BCUT2D eigenvalue weighted by Crippen LogP contribution is -2.40. The monoisotopic (exact) mass is 270 g/mol. The van der Waals surface area contributed by atoms with Crippen LogP contribution in [-0.2, 0) is 0 Å². The maximum absolute atomic E-state index is 12.6. The average Bonchev–Trinajstić information content (AvgIpc) is 2.54. The van der Waals surface area contributed by atoms with Gasteiger partial charge in [0.2, 0.25) is 0 Å². The number of benzene rings is 1. The highest BCUT2D eigenvalue weighted by molar-refractivity contribution is 6.04. The third kappa shape index (κ3) is 2.36. The van der Waals surface area contributed by atoms with Crippen LogP contribution in [0.4, 0.5) is 0 Å². The molecule has 2 aromatic rings. The highest BCUT2D eigenvalue weighted by atomic mass is 16.2. The first-order chi connectivity index (χ1) is 9.79. The Morgan fingerprint density at radius 1 is 1.25 bits per heavy atom. The largest absolute Gasteiger partial charge is 0.339 e. The van der Waals surface area contributed by atoms with E-state index in [2.05, 4.69) is 9.97 Å². The minimum Gasteiger partial charge on any atom is -0.339 e. The van der Waals surface area contributed by atoms with Gasteiger partial charge < -0.3 is 10.6 Å². The van der Waals surface area contributed by atoms with E-state index in [1.165, 1.54) is 0 Å². The smallest absolute Gasteiger partial charge is 0.256 e. The van der Waals surface area contributed by atoms with Gasteiger partial charge in [-0.2, -0.15) is 0 Å². The summed E-state index contributed by atoms with van der Waals surface area (Å²) < 4.78 is 0. The second-order valence-electron chi connectivity index (χ2n) is 5.20. The van der Waals surface area contributed by atoms with Crippen molar-refractivity contribution in [3.05, 3.63) is 36.2 Å². The number of nitrogens with two attached hydrogens (primary N) is 1. The number of hydrogen-bond acceptors (Lipinski definition) is 4. The molecule has 1 fully saturated rings. The first kappa shape index (κ1) is 13.0. The minimum atomic E-state index is 0.0478. The molecule has 20 heavy (non-hydrogen) atoms. The SMILES string of the molecule is NCC1CCN(C(=O)c2cccc3nccnc23)CC1. The number of para-hydroxylation sites is 1. The van der Waals surface area contributed by atoms with Crippen molar-refractivity contribution < 1.29 is 4.79 Å². The molecule has 1 saturated heterocycles. The number of piperidine rings is 1. The van der Waals surface area contributed by atoms with Gasteiger partial charge in [-0.1, -0.05) is 6.07 Å². The molecule has 1 aliphatic heterocycles. The molecule has 3 rings (SSSR count). The summed E-state index contributed by atoms with van der Waals surface area (Å²) in [7, 11) is 0. The zero-order valence-corrected chi connectivity index (χ0v) is 11.3. The van der Waals surface area contributed by atoms with Crippen molar-refractivity contribution >= 4 is 16.9 Å². The van der Waals surface area contributed by atoms with Crippen LogP contribution in [0.25, 0.3) is 11.0 Å². The highest BCUT2D eigenvalue weighted by Gasteiger charge is 2.24. The minimum absolute atomic E-state index is 0.0478. The number of nitrogens with zero attached hydrogens (tertiary/aromatic N) is 3. The van der Waals surface area contributed by atoms with Gasteiger partial charge in [0, 0.05) is 25.5 Å². The van der Waals surface area contributed by atoms with Crippen LogP contribution < -0.4 is 5.73 Å². The van der Waals surface area contributed by atoms with Crippen molar-refractivity contribution in [2.45, 2.75) is 12.8 Å². The Balaban J connectivity index is 1.86. The van der Waals surface area contributed by atoms with Crippen molar-refractivity contribution in [1.82, 2.24) is 14.9 Å². The maximum Gasteiger partial charge on any atom is 0.256 e. The fourth-order valence-electron chi connectivity index (χ4n) is 2.71. The van der Waals surface area contributed by atoms with E-state index < -0.39 is 0 Å². The molecule has 5 heteroatoms. The van der Waals surface area contributed by atoms with E-state index in [4.69, 9.17) is 5.73 Å². The van der Waals surface area contributed by atoms with Gasteiger partial charge in [0.1, 0.15) is 5.52 Å². The van der Waals surface area contributed by atoms with Gasteiger partial charge in [-0.3, -0.25) is 14.8 Å². The number of amides is 1. The molecule has 5 nitrogen and oxygen atoms in total. The average molecular weight is 270 g/mol. The van der Waals surface area contributed by atoms with E-state index in [1.807, 2.05) is 23.1 Å². The Morgan fingerprint density at radius 3 is 2.75 bits per heavy atom. The van der Waals surface area contributed by atoms with Crippen molar-refractivity contribution in [3.63, 3.8) is 0 Å². The fraction of sp³-hybridized carbons (Fsp3) is 0.400. The fourth-order valence-corrected chi connectivity index (χ4v) is 2.71. The van der Waals surface area contributed by atoms with Crippen LogP contribution in [0, 0.1) is 5.92 Å². The second-order valence-corrected chi connectivity index (χ2v) is 5.20. The molecule has 104 valence electrons. The molecule has 0 atom stereocenters. The van der Waals surface area contributed by atoms with Crippen LogP contribution >= 0.6 is 0 Å². The number of aromatic nitrogens is 2. The van der Waals surface area contributed by atoms with Crippen LogP contribution in [-0.4, -0.2) is 40.4 Å². The Labute approximate surface area is 117 Å². The van der Waals surface area contributed by atoms with Crippen LogP contribution in [0.1, 0.15) is 23.2 Å². The van der Waals surface area contributed by atoms with E-state index in [0.29, 0.717) is 23.5 Å². The molecule has 0 spiro atoms. The number of hydrogen-bond donors (Lipinski definition) is 1. The van der Waals surface area contributed by atoms with Gasteiger partial charge >= 0.3 is 0 Å². The molecule has 1 amide bonds. The summed E-state index contributed by atoms with van der Waals surface area (Å²) in [4.78, 5) is 23.1. The van der Waals surface area contributed by atoms with Crippen molar-refractivity contribution in [1.29, 1.82) is 0 Å². The molecule has 1 aliphatic rings. The summed E-state index contributed by atoms with van der Waals surface area (Å²) in [5.41, 5.74) is 7.77. The Morgan fingerprint density at radius 2 is 2.00 bits per heavy atom. The summed E-state index contributed by atoms with van der Waals surface area (Å²) >= 11 is 0. The quantitative estimate of drug-likeness (QED) is 0.896. The second kappa shape index (κ2) is 5.54. The Hall–Kier alpha value is -2.01. The third-order valence-corrected chi connectivity index (χ3v) is 3.96. The Kier molecular flexibility index (Phi) is 3.60. The van der Waals surface area contributed by atoms with Gasteiger partial charge in [-0.05, 0) is 37.4 Å².